The first-order valence-corrected chi connectivity index (χ1v) is 6.08. The van der Waals surface area contributed by atoms with Gasteiger partial charge >= 0.3 is 12.6 Å². The number of rotatable bonds is 7. The van der Waals surface area contributed by atoms with Crippen LogP contribution < -0.4 is 10.1 Å². The quantitative estimate of drug-likeness (QED) is 0.795. The van der Waals surface area contributed by atoms with Gasteiger partial charge in [-0.25, -0.2) is 0 Å². The van der Waals surface area contributed by atoms with Gasteiger partial charge in [-0.3, -0.25) is 14.5 Å². The number of para-hydroxylation sites is 2. The van der Waals surface area contributed by atoms with Gasteiger partial charge < -0.3 is 15.2 Å². The predicted molar refractivity (Wildman–Crippen MR) is 78.7 cm³/mol. The predicted octanol–water partition coefficient (Wildman–Crippen LogP) is 2.05. The van der Waals surface area contributed by atoms with Crippen LogP contribution in [0.1, 0.15) is 6.92 Å². The molecule has 0 heterocycles. The Labute approximate surface area is 132 Å². The first-order chi connectivity index (χ1) is 9.81. The fraction of sp³-hybridized carbons (Fsp3) is 0.385. The minimum absolute atomic E-state index is 0. The number of carbonyl (C=O) groups is 2. The Hall–Kier alpha value is -1.93. The van der Waals surface area contributed by atoms with E-state index >= 15 is 0 Å². The Morgan fingerprint density at radius 3 is 2.50 bits per heavy atom. The molecular formula is C13H17ClF2N2O4. The number of likely N-dealkylation sites (N-methyl/N-ethyl adjacent to an activating group) is 1. The maximum Gasteiger partial charge on any atom is 0.387 e. The molecule has 1 atom stereocenters. The highest BCUT2D eigenvalue weighted by Gasteiger charge is 2.19. The van der Waals surface area contributed by atoms with Crippen LogP contribution in [0.15, 0.2) is 24.3 Å². The van der Waals surface area contributed by atoms with Crippen molar-refractivity contribution >= 4 is 30.0 Å². The second-order valence-electron chi connectivity index (χ2n) is 4.35. The van der Waals surface area contributed by atoms with Crippen LogP contribution in [0.3, 0.4) is 0 Å². The largest absolute Gasteiger partial charge is 0.480 e. The van der Waals surface area contributed by atoms with Crippen molar-refractivity contribution in [3.8, 4) is 5.75 Å². The zero-order valence-corrected chi connectivity index (χ0v) is 12.8. The molecule has 22 heavy (non-hydrogen) atoms. The molecule has 0 aliphatic rings. The molecule has 1 amide bonds. The van der Waals surface area contributed by atoms with Crippen molar-refractivity contribution in [1.82, 2.24) is 4.90 Å². The number of amides is 1. The van der Waals surface area contributed by atoms with E-state index in [0.717, 1.165) is 0 Å². The lowest BCUT2D eigenvalue weighted by Crippen LogP contribution is -2.40. The number of alkyl halides is 2. The molecule has 0 bridgehead atoms. The van der Waals surface area contributed by atoms with E-state index in [1.165, 1.54) is 37.1 Å². The van der Waals surface area contributed by atoms with Gasteiger partial charge in [0.2, 0.25) is 5.91 Å². The molecule has 0 aliphatic heterocycles. The molecular weight excluding hydrogens is 322 g/mol. The second kappa shape index (κ2) is 9.16. The van der Waals surface area contributed by atoms with E-state index in [1.54, 1.807) is 6.07 Å². The summed E-state index contributed by atoms with van der Waals surface area (Å²) >= 11 is 0. The van der Waals surface area contributed by atoms with Crippen LogP contribution in [0, 0.1) is 0 Å². The van der Waals surface area contributed by atoms with Gasteiger partial charge in [0, 0.05) is 0 Å². The van der Waals surface area contributed by atoms with E-state index in [2.05, 4.69) is 10.1 Å². The third kappa shape index (κ3) is 6.23. The summed E-state index contributed by atoms with van der Waals surface area (Å²) in [7, 11) is 1.47. The summed E-state index contributed by atoms with van der Waals surface area (Å²) in [5.74, 6) is -1.75. The molecule has 0 fully saturated rings. The van der Waals surface area contributed by atoms with Gasteiger partial charge in [0.05, 0.1) is 12.2 Å². The SMILES string of the molecule is CC(C(=O)O)N(C)CC(=O)Nc1ccccc1OC(F)F.Cl. The van der Waals surface area contributed by atoms with E-state index in [0.29, 0.717) is 0 Å². The lowest BCUT2D eigenvalue weighted by molar-refractivity contribution is -0.142. The number of ether oxygens (including phenoxy) is 1. The lowest BCUT2D eigenvalue weighted by Gasteiger charge is -2.20. The maximum atomic E-state index is 12.2. The van der Waals surface area contributed by atoms with E-state index in [-0.39, 0.29) is 30.4 Å². The lowest BCUT2D eigenvalue weighted by atomic mass is 10.2. The summed E-state index contributed by atoms with van der Waals surface area (Å²) in [5, 5.41) is 11.2. The van der Waals surface area contributed by atoms with Crippen molar-refractivity contribution in [2.45, 2.75) is 19.6 Å². The second-order valence-corrected chi connectivity index (χ2v) is 4.35. The first-order valence-electron chi connectivity index (χ1n) is 6.08. The number of nitrogens with one attached hydrogen (secondary N) is 1. The van der Waals surface area contributed by atoms with Crippen LogP contribution in [0.25, 0.3) is 0 Å². The Kier molecular flexibility index (Phi) is 8.36. The molecule has 0 aliphatic carbocycles. The summed E-state index contributed by atoms with van der Waals surface area (Å²) in [6.07, 6.45) is 0. The van der Waals surface area contributed by atoms with Crippen molar-refractivity contribution in [3.05, 3.63) is 24.3 Å². The molecule has 0 spiro atoms. The fourth-order valence-electron chi connectivity index (χ4n) is 1.51. The number of aliphatic carboxylic acids is 1. The number of benzene rings is 1. The van der Waals surface area contributed by atoms with Gasteiger partial charge in [0.25, 0.3) is 0 Å². The molecule has 1 unspecified atom stereocenters. The number of nitrogens with zero attached hydrogens (tertiary/aromatic N) is 1. The summed E-state index contributed by atoms with van der Waals surface area (Å²) in [4.78, 5) is 23.9. The van der Waals surface area contributed by atoms with E-state index in [1.807, 2.05) is 0 Å². The number of anilines is 1. The smallest absolute Gasteiger partial charge is 0.387 e. The van der Waals surface area contributed by atoms with Crippen molar-refractivity contribution in [2.24, 2.45) is 0 Å². The van der Waals surface area contributed by atoms with Crippen molar-refractivity contribution < 1.29 is 28.2 Å². The average molecular weight is 339 g/mol. The summed E-state index contributed by atoms with van der Waals surface area (Å²) in [6.45, 7) is -1.77. The van der Waals surface area contributed by atoms with Gasteiger partial charge in [-0.15, -0.1) is 12.4 Å². The Balaban J connectivity index is 0.00000441. The maximum absolute atomic E-state index is 12.2. The molecule has 124 valence electrons. The minimum Gasteiger partial charge on any atom is -0.480 e. The molecule has 0 saturated heterocycles. The van der Waals surface area contributed by atoms with Gasteiger partial charge in [-0.05, 0) is 26.1 Å². The monoisotopic (exact) mass is 338 g/mol. The Morgan fingerprint density at radius 2 is 1.95 bits per heavy atom. The van der Waals surface area contributed by atoms with Crippen LogP contribution in [0.2, 0.25) is 0 Å². The molecule has 1 aromatic carbocycles. The number of halogens is 3. The van der Waals surface area contributed by atoms with Gasteiger partial charge in [-0.1, -0.05) is 12.1 Å². The molecule has 1 aromatic rings. The normalized spacial score (nSPS) is 11.7. The average Bonchev–Trinajstić information content (AvgIpc) is 2.39. The summed E-state index contributed by atoms with van der Waals surface area (Å²) in [6, 6.07) is 4.91. The Bertz CT molecular complexity index is 517. The molecule has 6 nitrogen and oxygen atoms in total. The number of carbonyl (C=O) groups excluding carboxylic acids is 1. The summed E-state index contributed by atoms with van der Waals surface area (Å²) < 4.78 is 28.7. The van der Waals surface area contributed by atoms with E-state index in [4.69, 9.17) is 5.11 Å². The molecule has 2 N–H and O–H groups in total. The minimum atomic E-state index is -3.00. The first kappa shape index (κ1) is 20.1. The molecule has 0 radical (unpaired) electrons. The Morgan fingerprint density at radius 1 is 1.36 bits per heavy atom. The molecule has 0 saturated carbocycles. The van der Waals surface area contributed by atoms with Crippen molar-refractivity contribution in [3.63, 3.8) is 0 Å². The number of carboxylic acids is 1. The van der Waals surface area contributed by atoms with E-state index < -0.39 is 24.5 Å². The topological polar surface area (TPSA) is 78.9 Å². The summed E-state index contributed by atoms with van der Waals surface area (Å²) in [5.41, 5.74) is 0.0965. The fourth-order valence-corrected chi connectivity index (χ4v) is 1.51. The number of carboxylic acid groups (broad SMARTS) is 1. The molecule has 1 rings (SSSR count). The molecule has 0 aromatic heterocycles. The van der Waals surface area contributed by atoms with Crippen LogP contribution in [0.5, 0.6) is 5.75 Å². The van der Waals surface area contributed by atoms with Gasteiger partial charge in [-0.2, -0.15) is 8.78 Å². The molecule has 9 heteroatoms. The van der Waals surface area contributed by atoms with Crippen LogP contribution in [-0.2, 0) is 9.59 Å². The highest BCUT2D eigenvalue weighted by Crippen LogP contribution is 2.25. The highest BCUT2D eigenvalue weighted by molar-refractivity contribution is 5.94. The third-order valence-electron chi connectivity index (χ3n) is 2.79. The zero-order valence-electron chi connectivity index (χ0n) is 12.0. The van der Waals surface area contributed by atoms with Crippen LogP contribution >= 0.6 is 12.4 Å². The third-order valence-corrected chi connectivity index (χ3v) is 2.79. The van der Waals surface area contributed by atoms with Crippen molar-refractivity contribution in [2.75, 3.05) is 18.9 Å². The standard InChI is InChI=1S/C13H16F2N2O4.ClH/c1-8(12(19)20)17(2)7-11(18)16-9-5-3-4-6-10(9)21-13(14)15;/h3-6,8,13H,7H2,1-2H3,(H,16,18)(H,19,20);1H. The number of hydrogen-bond donors (Lipinski definition) is 2. The van der Waals surface area contributed by atoms with Crippen LogP contribution in [-0.4, -0.2) is 48.1 Å². The van der Waals surface area contributed by atoms with Crippen LogP contribution in [0.4, 0.5) is 14.5 Å². The zero-order chi connectivity index (χ0) is 16.0. The van der Waals surface area contributed by atoms with Crippen molar-refractivity contribution in [1.29, 1.82) is 0 Å². The highest BCUT2D eigenvalue weighted by atomic mass is 35.5. The van der Waals surface area contributed by atoms with Gasteiger partial charge in [0.1, 0.15) is 11.8 Å². The van der Waals surface area contributed by atoms with Gasteiger partial charge in [0.15, 0.2) is 0 Å². The van der Waals surface area contributed by atoms with E-state index in [9.17, 15) is 18.4 Å². The number of hydrogen-bond acceptors (Lipinski definition) is 4.